The Morgan fingerprint density at radius 3 is 2.37 bits per heavy atom. The highest BCUT2D eigenvalue weighted by Gasteiger charge is 2.13. The van der Waals surface area contributed by atoms with Gasteiger partial charge in [0.1, 0.15) is 0 Å². The number of hydrogen-bond donors (Lipinski definition) is 1. The number of carbonyl (C=O) groups excluding carboxylic acids is 2. The van der Waals surface area contributed by atoms with Crippen molar-refractivity contribution in [2.45, 2.75) is 59.4 Å². The summed E-state index contributed by atoms with van der Waals surface area (Å²) in [7, 11) is 0. The molecule has 0 rings (SSSR count). The summed E-state index contributed by atoms with van der Waals surface area (Å²) >= 11 is 0. The van der Waals surface area contributed by atoms with Gasteiger partial charge in [0.2, 0.25) is 0 Å². The summed E-state index contributed by atoms with van der Waals surface area (Å²) in [5.74, 6) is 0.333. The molecule has 112 valence electrons. The van der Waals surface area contributed by atoms with Crippen LogP contribution in [0.25, 0.3) is 0 Å². The number of ether oxygens (including phenoxy) is 2. The van der Waals surface area contributed by atoms with E-state index in [9.17, 15) is 9.59 Å². The number of carbonyl (C=O) groups is 2. The number of rotatable bonds is 9. The van der Waals surface area contributed by atoms with E-state index in [1.807, 2.05) is 6.92 Å². The number of esters is 1. The van der Waals surface area contributed by atoms with E-state index in [0.29, 0.717) is 19.1 Å². The van der Waals surface area contributed by atoms with Crippen LogP contribution in [0.2, 0.25) is 0 Å². The molecule has 19 heavy (non-hydrogen) atoms. The van der Waals surface area contributed by atoms with Crippen LogP contribution in [0.1, 0.15) is 53.4 Å². The topological polar surface area (TPSA) is 64.6 Å². The molecule has 0 saturated carbocycles. The Kier molecular flexibility index (Phi) is 9.94. The van der Waals surface area contributed by atoms with Gasteiger partial charge in [-0.15, -0.1) is 0 Å². The van der Waals surface area contributed by atoms with E-state index in [0.717, 1.165) is 19.3 Å². The molecule has 0 spiro atoms. The predicted molar refractivity (Wildman–Crippen MR) is 73.9 cm³/mol. The number of amides is 1. The summed E-state index contributed by atoms with van der Waals surface area (Å²) in [5, 5.41) is 2.59. The molecule has 0 fully saturated rings. The van der Waals surface area contributed by atoms with Crippen molar-refractivity contribution in [2.24, 2.45) is 5.92 Å². The van der Waals surface area contributed by atoms with Crippen LogP contribution < -0.4 is 5.32 Å². The molecule has 0 radical (unpaired) electrons. The molecule has 0 heterocycles. The Morgan fingerprint density at radius 1 is 1.11 bits per heavy atom. The fourth-order valence-corrected chi connectivity index (χ4v) is 1.48. The van der Waals surface area contributed by atoms with Gasteiger partial charge in [0.25, 0.3) is 0 Å². The first kappa shape index (κ1) is 17.7. The Balaban J connectivity index is 3.65. The normalized spacial score (nSPS) is 12.1. The summed E-state index contributed by atoms with van der Waals surface area (Å²) in [6.07, 6.45) is 2.39. The van der Waals surface area contributed by atoms with Crippen LogP contribution in [-0.2, 0) is 14.3 Å². The molecule has 0 aliphatic heterocycles. The maximum atomic E-state index is 11.5. The van der Waals surface area contributed by atoms with Crippen LogP contribution in [0.3, 0.4) is 0 Å². The highest BCUT2D eigenvalue weighted by molar-refractivity contribution is 5.72. The highest BCUT2D eigenvalue weighted by atomic mass is 16.5. The lowest BCUT2D eigenvalue weighted by atomic mass is 10.1. The van der Waals surface area contributed by atoms with Gasteiger partial charge in [-0.05, 0) is 32.1 Å². The number of hydrogen-bond acceptors (Lipinski definition) is 4. The molecule has 1 atom stereocenters. The van der Waals surface area contributed by atoms with E-state index in [-0.39, 0.29) is 18.4 Å². The van der Waals surface area contributed by atoms with E-state index < -0.39 is 6.09 Å². The van der Waals surface area contributed by atoms with E-state index in [1.54, 1.807) is 6.92 Å². The van der Waals surface area contributed by atoms with Gasteiger partial charge in [0, 0.05) is 6.04 Å². The zero-order valence-electron chi connectivity index (χ0n) is 12.5. The molecule has 0 bridgehead atoms. The minimum absolute atomic E-state index is 0.170. The SMILES string of the molecule is CCCOC(=O)NC(C)CC(=O)OCCCC(C)C. The molecule has 5 heteroatoms. The Hall–Kier alpha value is -1.26. The van der Waals surface area contributed by atoms with Crippen LogP contribution in [0.4, 0.5) is 4.79 Å². The molecule has 0 aromatic carbocycles. The van der Waals surface area contributed by atoms with Crippen molar-refractivity contribution in [3.8, 4) is 0 Å². The van der Waals surface area contributed by atoms with Gasteiger partial charge in [-0.1, -0.05) is 20.8 Å². The predicted octanol–water partition coefficient (Wildman–Crippen LogP) is 2.88. The van der Waals surface area contributed by atoms with Crippen LogP contribution in [0.15, 0.2) is 0 Å². The third-order valence-corrected chi connectivity index (χ3v) is 2.46. The lowest BCUT2D eigenvalue weighted by molar-refractivity contribution is -0.144. The summed E-state index contributed by atoms with van der Waals surface area (Å²) in [6, 6.07) is -0.276. The zero-order chi connectivity index (χ0) is 14.7. The van der Waals surface area contributed by atoms with Crippen LogP contribution in [-0.4, -0.2) is 31.3 Å². The quantitative estimate of drug-likeness (QED) is 0.518. The highest BCUT2D eigenvalue weighted by Crippen LogP contribution is 2.04. The third-order valence-electron chi connectivity index (χ3n) is 2.46. The first-order valence-electron chi connectivity index (χ1n) is 7.04. The second-order valence-electron chi connectivity index (χ2n) is 5.14. The molecule has 0 aromatic rings. The van der Waals surface area contributed by atoms with Gasteiger partial charge in [-0.25, -0.2) is 4.79 Å². The minimum atomic E-state index is -0.484. The molecule has 1 amide bonds. The summed E-state index contributed by atoms with van der Waals surface area (Å²) < 4.78 is 9.96. The van der Waals surface area contributed by atoms with E-state index >= 15 is 0 Å². The standard InChI is InChI=1S/C14H27NO4/c1-5-8-19-14(17)15-12(4)10-13(16)18-9-6-7-11(2)3/h11-12H,5-10H2,1-4H3,(H,15,17). The summed E-state index contributed by atoms with van der Waals surface area (Å²) in [6.45, 7) is 8.78. The maximum Gasteiger partial charge on any atom is 0.407 e. The monoisotopic (exact) mass is 273 g/mol. The van der Waals surface area contributed by atoms with E-state index in [2.05, 4.69) is 19.2 Å². The molecule has 0 aromatic heterocycles. The average Bonchev–Trinajstić information content (AvgIpc) is 2.31. The van der Waals surface area contributed by atoms with Crippen molar-refractivity contribution in [1.29, 1.82) is 0 Å². The average molecular weight is 273 g/mol. The number of nitrogens with one attached hydrogen (secondary N) is 1. The van der Waals surface area contributed by atoms with Gasteiger partial charge in [-0.3, -0.25) is 4.79 Å². The number of alkyl carbamates (subject to hydrolysis) is 1. The molecule has 1 N–H and O–H groups in total. The Morgan fingerprint density at radius 2 is 1.79 bits per heavy atom. The van der Waals surface area contributed by atoms with Crippen LogP contribution >= 0.6 is 0 Å². The second kappa shape index (κ2) is 10.6. The van der Waals surface area contributed by atoms with Crippen molar-refractivity contribution in [1.82, 2.24) is 5.32 Å². The Labute approximate surface area is 116 Å². The van der Waals surface area contributed by atoms with Crippen molar-refractivity contribution >= 4 is 12.1 Å². The van der Waals surface area contributed by atoms with Crippen molar-refractivity contribution in [3.63, 3.8) is 0 Å². The molecule has 0 saturated heterocycles. The molecule has 1 unspecified atom stereocenters. The van der Waals surface area contributed by atoms with Gasteiger partial charge in [-0.2, -0.15) is 0 Å². The van der Waals surface area contributed by atoms with Crippen molar-refractivity contribution < 1.29 is 19.1 Å². The molecule has 0 aliphatic rings. The smallest absolute Gasteiger partial charge is 0.407 e. The lowest BCUT2D eigenvalue weighted by Crippen LogP contribution is -2.35. The summed E-state index contributed by atoms with van der Waals surface area (Å²) in [4.78, 5) is 22.7. The van der Waals surface area contributed by atoms with Gasteiger partial charge >= 0.3 is 12.1 Å². The van der Waals surface area contributed by atoms with Gasteiger partial charge < -0.3 is 14.8 Å². The molecular weight excluding hydrogens is 246 g/mol. The first-order valence-corrected chi connectivity index (χ1v) is 7.04. The van der Waals surface area contributed by atoms with Crippen molar-refractivity contribution in [2.75, 3.05) is 13.2 Å². The van der Waals surface area contributed by atoms with Crippen LogP contribution in [0, 0.1) is 5.92 Å². The minimum Gasteiger partial charge on any atom is -0.466 e. The van der Waals surface area contributed by atoms with Crippen molar-refractivity contribution in [3.05, 3.63) is 0 Å². The largest absolute Gasteiger partial charge is 0.466 e. The van der Waals surface area contributed by atoms with Crippen LogP contribution in [0.5, 0.6) is 0 Å². The third kappa shape index (κ3) is 11.6. The van der Waals surface area contributed by atoms with Gasteiger partial charge in [0.05, 0.1) is 19.6 Å². The van der Waals surface area contributed by atoms with E-state index in [4.69, 9.17) is 9.47 Å². The first-order chi connectivity index (χ1) is 8.95. The summed E-state index contributed by atoms with van der Waals surface area (Å²) in [5.41, 5.74) is 0. The fraction of sp³-hybridized carbons (Fsp3) is 0.857. The molecule has 5 nitrogen and oxygen atoms in total. The lowest BCUT2D eigenvalue weighted by Gasteiger charge is -2.13. The second-order valence-corrected chi connectivity index (χ2v) is 5.14. The molecule has 0 aliphatic carbocycles. The fourth-order valence-electron chi connectivity index (χ4n) is 1.48. The van der Waals surface area contributed by atoms with Gasteiger partial charge in [0.15, 0.2) is 0 Å². The molecular formula is C14H27NO4. The maximum absolute atomic E-state index is 11.5. The van der Waals surface area contributed by atoms with E-state index in [1.165, 1.54) is 0 Å². The zero-order valence-corrected chi connectivity index (χ0v) is 12.5. The Bertz CT molecular complexity index is 266.